The zero-order valence-electron chi connectivity index (χ0n) is 14.6. The van der Waals surface area contributed by atoms with Gasteiger partial charge in [-0.3, -0.25) is 0 Å². The summed E-state index contributed by atoms with van der Waals surface area (Å²) in [6.07, 6.45) is 8.96. The molecule has 0 aromatic carbocycles. The molecule has 0 heterocycles. The number of carbonyl (C=O) groups is 1. The van der Waals surface area contributed by atoms with Crippen molar-refractivity contribution in [3.05, 3.63) is 0 Å². The lowest BCUT2D eigenvalue weighted by molar-refractivity contribution is -0.168. The van der Waals surface area contributed by atoms with E-state index >= 15 is 0 Å². The minimum absolute atomic E-state index is 0.0735. The minimum atomic E-state index is -0.260. The van der Waals surface area contributed by atoms with Crippen LogP contribution in [0.4, 0.5) is 0 Å². The van der Waals surface area contributed by atoms with Gasteiger partial charge in [0.2, 0.25) is 0 Å². The maximum absolute atomic E-state index is 11.2. The van der Waals surface area contributed by atoms with Crippen molar-refractivity contribution in [1.82, 2.24) is 0 Å². The molecule has 0 aromatic heterocycles. The highest BCUT2D eigenvalue weighted by atomic mass is 16.3. The predicted molar refractivity (Wildman–Crippen MR) is 88.7 cm³/mol. The molecule has 0 aromatic rings. The lowest BCUT2D eigenvalue weighted by Gasteiger charge is -2.61. The monoisotopic (exact) mass is 320 g/mol. The molecule has 0 radical (unpaired) electrons. The Morgan fingerprint density at radius 3 is 2.30 bits per heavy atom. The second kappa shape index (κ2) is 5.29. The third kappa shape index (κ3) is 2.12. The van der Waals surface area contributed by atoms with Crippen molar-refractivity contribution in [1.29, 1.82) is 0 Å². The third-order valence-corrected chi connectivity index (χ3v) is 8.86. The van der Waals surface area contributed by atoms with Crippen LogP contribution in [0.5, 0.6) is 0 Å². The largest absolute Gasteiger partial charge is 0.393 e. The van der Waals surface area contributed by atoms with E-state index in [0.717, 1.165) is 51.2 Å². The van der Waals surface area contributed by atoms with Gasteiger partial charge in [-0.1, -0.05) is 13.8 Å². The lowest BCUT2D eigenvalue weighted by Crippen LogP contribution is -2.58. The summed E-state index contributed by atoms with van der Waals surface area (Å²) in [5.41, 5.74) is 0.265. The molecule has 0 amide bonds. The third-order valence-electron chi connectivity index (χ3n) is 8.86. The second-order valence-corrected chi connectivity index (χ2v) is 9.60. The zero-order valence-corrected chi connectivity index (χ0v) is 14.6. The zero-order chi connectivity index (χ0) is 16.4. The van der Waals surface area contributed by atoms with Gasteiger partial charge in [-0.05, 0) is 85.9 Å². The number of fused-ring (bicyclic) bond motifs is 5. The first-order chi connectivity index (χ1) is 10.9. The van der Waals surface area contributed by atoms with Gasteiger partial charge in [-0.2, -0.15) is 0 Å². The minimum Gasteiger partial charge on any atom is -0.393 e. The molecule has 0 aliphatic heterocycles. The summed E-state index contributed by atoms with van der Waals surface area (Å²) in [4.78, 5) is 11.2. The van der Waals surface area contributed by atoms with E-state index in [1.807, 2.05) is 0 Å². The number of carbonyl (C=O) groups excluding carboxylic acids is 1. The lowest BCUT2D eigenvalue weighted by atomic mass is 9.44. The summed E-state index contributed by atoms with van der Waals surface area (Å²) in [7, 11) is 0. The predicted octanol–water partition coefficient (Wildman–Crippen LogP) is 3.18. The van der Waals surface area contributed by atoms with Crippen molar-refractivity contribution < 1.29 is 15.0 Å². The molecule has 0 spiro atoms. The fourth-order valence-corrected chi connectivity index (χ4v) is 7.43. The van der Waals surface area contributed by atoms with Crippen LogP contribution in [-0.2, 0) is 4.79 Å². The maximum Gasteiger partial charge on any atom is 0.123 e. The number of hydrogen-bond donors (Lipinski definition) is 2. The number of aliphatic hydroxyl groups excluding tert-OH is 2. The van der Waals surface area contributed by atoms with Crippen molar-refractivity contribution in [3.8, 4) is 0 Å². The first kappa shape index (κ1) is 16.1. The fourth-order valence-electron chi connectivity index (χ4n) is 7.43. The Bertz CT molecular complexity index is 491. The highest BCUT2D eigenvalue weighted by Gasteiger charge is 2.61. The Kier molecular flexibility index (Phi) is 3.70. The van der Waals surface area contributed by atoms with E-state index in [-0.39, 0.29) is 29.0 Å². The first-order valence-corrected chi connectivity index (χ1v) is 9.71. The van der Waals surface area contributed by atoms with E-state index in [1.165, 1.54) is 6.42 Å². The van der Waals surface area contributed by atoms with Gasteiger partial charge in [0.1, 0.15) is 6.29 Å². The van der Waals surface area contributed by atoms with Crippen molar-refractivity contribution in [3.63, 3.8) is 0 Å². The normalized spacial score (nSPS) is 58.9. The van der Waals surface area contributed by atoms with Crippen LogP contribution in [0.25, 0.3) is 0 Å². The number of hydrogen-bond acceptors (Lipinski definition) is 3. The highest BCUT2D eigenvalue weighted by Crippen LogP contribution is 2.66. The topological polar surface area (TPSA) is 57.5 Å². The molecule has 130 valence electrons. The van der Waals surface area contributed by atoms with Crippen molar-refractivity contribution in [2.24, 2.45) is 40.4 Å². The molecule has 4 unspecified atom stereocenters. The van der Waals surface area contributed by atoms with Gasteiger partial charge >= 0.3 is 0 Å². The average Bonchev–Trinajstić information content (AvgIpc) is 2.83. The van der Waals surface area contributed by atoms with Crippen LogP contribution < -0.4 is 0 Å². The van der Waals surface area contributed by atoms with Crippen molar-refractivity contribution in [2.75, 3.05) is 0 Å². The molecular formula is C20H32O3. The number of aliphatic hydroxyl groups is 2. The van der Waals surface area contributed by atoms with Gasteiger partial charge < -0.3 is 15.0 Å². The SMILES string of the molecule is C[C@]12CCC(C=O)CC1C(O)C[C@@H]1[C@H]2CC[C@]2(C)C(O)CC[C@@H]12. The van der Waals surface area contributed by atoms with E-state index in [9.17, 15) is 15.0 Å². The van der Waals surface area contributed by atoms with E-state index in [1.54, 1.807) is 0 Å². The standard InChI is InChI=1S/C20H32O3/c1-19-7-5-12(11-21)9-16(19)17(22)10-13-14-3-4-18(23)20(14,2)8-6-15(13)19/h11-18,22-23H,3-10H2,1-2H3/t12?,13-,14-,15+,16?,17?,18?,19+,20-/m0/s1. The molecule has 0 bridgehead atoms. The van der Waals surface area contributed by atoms with Crippen LogP contribution in [0.1, 0.15) is 65.2 Å². The maximum atomic E-state index is 11.2. The van der Waals surface area contributed by atoms with Gasteiger partial charge in [0.15, 0.2) is 0 Å². The molecule has 4 aliphatic carbocycles. The van der Waals surface area contributed by atoms with Crippen LogP contribution in [0.2, 0.25) is 0 Å². The van der Waals surface area contributed by atoms with Crippen LogP contribution in [0.3, 0.4) is 0 Å². The highest BCUT2D eigenvalue weighted by molar-refractivity contribution is 5.53. The summed E-state index contributed by atoms with van der Waals surface area (Å²) < 4.78 is 0. The van der Waals surface area contributed by atoms with Gasteiger partial charge in [0, 0.05) is 5.92 Å². The molecule has 2 N–H and O–H groups in total. The summed E-state index contributed by atoms with van der Waals surface area (Å²) in [5, 5.41) is 21.4. The smallest absolute Gasteiger partial charge is 0.123 e. The summed E-state index contributed by atoms with van der Waals surface area (Å²) in [6, 6.07) is 0. The molecule has 0 saturated heterocycles. The van der Waals surface area contributed by atoms with Crippen LogP contribution in [0, 0.1) is 40.4 Å². The Morgan fingerprint density at radius 1 is 0.870 bits per heavy atom. The summed E-state index contributed by atoms with van der Waals surface area (Å²) in [5.74, 6) is 2.26. The molecule has 4 saturated carbocycles. The molecule has 3 heteroatoms. The second-order valence-electron chi connectivity index (χ2n) is 9.60. The van der Waals surface area contributed by atoms with Crippen LogP contribution in [0.15, 0.2) is 0 Å². The van der Waals surface area contributed by atoms with Gasteiger partial charge in [0.05, 0.1) is 12.2 Å². The van der Waals surface area contributed by atoms with Gasteiger partial charge in [-0.15, -0.1) is 0 Å². The molecule has 4 fully saturated rings. The molecule has 4 rings (SSSR count). The Hall–Kier alpha value is -0.410. The van der Waals surface area contributed by atoms with Crippen molar-refractivity contribution >= 4 is 6.29 Å². The van der Waals surface area contributed by atoms with Gasteiger partial charge in [0.25, 0.3) is 0 Å². The van der Waals surface area contributed by atoms with E-state index in [0.29, 0.717) is 23.7 Å². The first-order valence-electron chi connectivity index (χ1n) is 9.71. The molecule has 4 aliphatic rings. The molecule has 3 nitrogen and oxygen atoms in total. The van der Waals surface area contributed by atoms with Gasteiger partial charge in [-0.25, -0.2) is 0 Å². The Morgan fingerprint density at radius 2 is 1.57 bits per heavy atom. The van der Waals surface area contributed by atoms with E-state index < -0.39 is 0 Å². The Balaban J connectivity index is 1.65. The Labute approximate surface area is 139 Å². The average molecular weight is 320 g/mol. The summed E-state index contributed by atoms with van der Waals surface area (Å²) in [6.45, 7) is 4.68. The molecule has 23 heavy (non-hydrogen) atoms. The van der Waals surface area contributed by atoms with E-state index in [4.69, 9.17) is 0 Å². The van der Waals surface area contributed by atoms with E-state index in [2.05, 4.69) is 13.8 Å². The molecular weight excluding hydrogens is 288 g/mol. The van der Waals surface area contributed by atoms with Crippen molar-refractivity contribution in [2.45, 2.75) is 77.4 Å². The fraction of sp³-hybridized carbons (Fsp3) is 0.950. The summed E-state index contributed by atoms with van der Waals surface area (Å²) >= 11 is 0. The number of rotatable bonds is 1. The quantitative estimate of drug-likeness (QED) is 0.730. The van der Waals surface area contributed by atoms with Crippen LogP contribution >= 0.6 is 0 Å². The van der Waals surface area contributed by atoms with Crippen LogP contribution in [-0.4, -0.2) is 28.7 Å². The number of aldehydes is 1. The molecule has 9 atom stereocenters.